The van der Waals surface area contributed by atoms with Crippen LogP contribution in [0, 0.1) is 0 Å². The van der Waals surface area contributed by atoms with E-state index in [0.717, 1.165) is 0 Å². The lowest BCUT2D eigenvalue weighted by Gasteiger charge is -1.71. The molecule has 0 heterocycles. The van der Waals surface area contributed by atoms with Gasteiger partial charge < -0.3 is 0 Å². The van der Waals surface area contributed by atoms with Gasteiger partial charge in [0.1, 0.15) is 0 Å². The second kappa shape index (κ2) is 2.92. The summed E-state index contributed by atoms with van der Waals surface area (Å²) >= 11 is 0. The summed E-state index contributed by atoms with van der Waals surface area (Å²) in [6, 6.07) is 0. The fraction of sp³-hybridized carbons (Fsp3) is 1.00. The quantitative estimate of drug-likeness (QED) is 0.408. The summed E-state index contributed by atoms with van der Waals surface area (Å²) in [5.74, 6) is 7.62. The Balaban J connectivity index is 1.97. The lowest BCUT2D eigenvalue weighted by Crippen LogP contribution is -2.06. The molecule has 0 rings (SSSR count). The molecule has 0 aromatic heterocycles. The van der Waals surface area contributed by atoms with Crippen LogP contribution in [0.1, 0.15) is 6.92 Å². The summed E-state index contributed by atoms with van der Waals surface area (Å²) < 4.78 is 0. The van der Waals surface area contributed by atoms with Crippen LogP contribution in [0.15, 0.2) is 0 Å². The average molecular weight is 58.1 g/mol. The van der Waals surface area contributed by atoms with Crippen LogP contribution >= 0.6 is 0 Å². The third-order valence-electron chi connectivity index (χ3n) is 0.158. The van der Waals surface area contributed by atoms with Gasteiger partial charge in [0.2, 0.25) is 0 Å². The van der Waals surface area contributed by atoms with E-state index in [4.69, 9.17) is 5.84 Å². The lowest BCUT2D eigenvalue weighted by molar-refractivity contribution is 0.752. The predicted molar refractivity (Wildman–Crippen MR) is 15.8 cm³/mol. The number of rotatable bonds is 1. The first-order chi connectivity index (χ1) is 1.91. The summed E-state index contributed by atoms with van der Waals surface area (Å²) in [6.45, 7) is 2.44. The minimum atomic E-state index is 0.625. The Morgan fingerprint density at radius 3 is 2.25 bits per heavy atom. The Bertz CT molecular complexity index is 6.00. The van der Waals surface area contributed by atoms with Crippen LogP contribution in [0.5, 0.6) is 0 Å². The molecule has 0 spiro atoms. The number of hydrogen-bond acceptors (Lipinski definition) is 1. The summed E-state index contributed by atoms with van der Waals surface area (Å²) in [4.78, 5) is 0. The zero-order valence-corrected chi connectivity index (χ0v) is 2.65. The van der Waals surface area contributed by atoms with Gasteiger partial charge in [0, 0.05) is 6.54 Å². The summed E-state index contributed by atoms with van der Waals surface area (Å²) in [5, 5.41) is 0. The molecule has 0 unspecified atom stereocenters. The van der Waals surface area contributed by atoms with E-state index in [9.17, 15) is 0 Å². The van der Waals surface area contributed by atoms with Crippen molar-refractivity contribution in [3.05, 3.63) is 0 Å². The Kier molecular flexibility index (Phi) is 2.86. The van der Waals surface area contributed by atoms with Crippen LogP contribution in [-0.4, -0.2) is 6.54 Å². The second-order valence-electron chi connectivity index (χ2n) is 0.512. The van der Waals surface area contributed by atoms with E-state index < -0.39 is 0 Å². The Labute approximate surface area is 26.0 Å². The van der Waals surface area contributed by atoms with Crippen LogP contribution in [0.25, 0.3) is 0 Å². The Hall–Kier alpha value is -0.0800. The van der Waals surface area contributed by atoms with E-state index in [2.05, 4.69) is 0 Å². The highest BCUT2D eigenvalue weighted by atomic mass is 15.2. The monoisotopic (exact) mass is 58.1 g/mol. The topological polar surface area (TPSA) is 34.3 Å². The van der Waals surface area contributed by atoms with Gasteiger partial charge in [-0.1, -0.05) is 6.92 Å². The van der Waals surface area contributed by atoms with Crippen molar-refractivity contribution in [2.45, 2.75) is 6.92 Å². The average Bonchev–Trinajstić information content (AvgIpc) is 1.37. The van der Waals surface area contributed by atoms with Crippen molar-refractivity contribution < 1.29 is 0 Å². The van der Waals surface area contributed by atoms with E-state index in [1.54, 1.807) is 0 Å². The molecule has 0 aliphatic heterocycles. The van der Waals surface area contributed by atoms with Crippen LogP contribution in [0.2, 0.25) is 0 Å². The van der Waals surface area contributed by atoms with Gasteiger partial charge in [-0.15, -0.1) is 0 Å². The molecule has 0 fully saturated rings. The molecule has 0 saturated carbocycles. The van der Waals surface area contributed by atoms with Gasteiger partial charge in [0.05, 0.1) is 0 Å². The van der Waals surface area contributed by atoms with Gasteiger partial charge in [-0.2, -0.15) is 0 Å². The highest BCUT2D eigenvalue weighted by molar-refractivity contribution is 4.09. The molecule has 24 valence electrons. The second-order valence-corrected chi connectivity index (χ2v) is 0.512. The maximum Gasteiger partial charge on any atom is 0.0103 e. The molecule has 2 heteroatoms. The molecule has 4 heavy (non-hydrogen) atoms. The van der Waals surface area contributed by atoms with Gasteiger partial charge in [0.15, 0.2) is 0 Å². The SMILES string of the molecule is CCN[N]. The first-order valence-electron chi connectivity index (χ1n) is 1.28. The highest BCUT2D eigenvalue weighted by Crippen LogP contribution is 1.32. The van der Waals surface area contributed by atoms with Crippen LogP contribution < -0.4 is 11.3 Å². The van der Waals surface area contributed by atoms with Gasteiger partial charge in [-0.05, 0) is 5.84 Å². The molecule has 0 aliphatic rings. The van der Waals surface area contributed by atoms with Crippen LogP contribution in [-0.2, 0) is 0 Å². The minimum absolute atomic E-state index is 0.625. The molecule has 0 bridgehead atoms. The molecule has 0 amide bonds. The minimum Gasteiger partial charge on any atom is -0.222 e. The molecule has 0 aromatic rings. The lowest BCUT2D eigenvalue weighted by atomic mass is 10.8. The van der Waals surface area contributed by atoms with Crippen molar-refractivity contribution in [1.82, 2.24) is 11.3 Å². The molecule has 1 N–H and O–H groups in total. The highest BCUT2D eigenvalue weighted by Gasteiger charge is 1.53. The molecule has 2 nitrogen and oxygen atoms in total. The summed E-state index contributed by atoms with van der Waals surface area (Å²) in [5.41, 5.74) is 1.93. The molecular formula is C2H6N2. The number of nitrogens with one attached hydrogen (secondary N) is 1. The van der Waals surface area contributed by atoms with E-state index in [1.807, 2.05) is 12.3 Å². The fourth-order valence-corrected chi connectivity index (χ4v) is 0. The maximum absolute atomic E-state index is 7.62. The van der Waals surface area contributed by atoms with E-state index >= 15 is 0 Å². The van der Waals surface area contributed by atoms with Gasteiger partial charge in [-0.25, -0.2) is 5.43 Å². The van der Waals surface area contributed by atoms with Crippen molar-refractivity contribution in [3.63, 3.8) is 0 Å². The normalized spacial score (nSPS) is 7.50. The molecule has 0 atom stereocenters. The summed E-state index contributed by atoms with van der Waals surface area (Å²) in [7, 11) is 0. The van der Waals surface area contributed by atoms with Crippen molar-refractivity contribution in [1.29, 1.82) is 0 Å². The van der Waals surface area contributed by atoms with Crippen molar-refractivity contribution in [2.75, 3.05) is 6.54 Å². The van der Waals surface area contributed by atoms with E-state index in [1.165, 1.54) is 0 Å². The third-order valence-corrected chi connectivity index (χ3v) is 0.158. The third kappa shape index (κ3) is 1.92. The standard InChI is InChI=1S/C2H6N2/c1-2-4-3/h4H,2H2,1H3. The van der Waals surface area contributed by atoms with Crippen molar-refractivity contribution in [2.24, 2.45) is 0 Å². The van der Waals surface area contributed by atoms with Crippen LogP contribution in [0.3, 0.4) is 0 Å². The molecule has 0 saturated heterocycles. The van der Waals surface area contributed by atoms with Crippen molar-refractivity contribution in [3.8, 4) is 0 Å². The van der Waals surface area contributed by atoms with Gasteiger partial charge >= 0.3 is 0 Å². The molecule has 0 aromatic carbocycles. The van der Waals surface area contributed by atoms with Crippen LogP contribution in [0.4, 0.5) is 0 Å². The first kappa shape index (κ1) is 3.92. The maximum atomic E-state index is 7.62. The zero-order chi connectivity index (χ0) is 3.41. The Morgan fingerprint density at radius 1 is 2.00 bits per heavy atom. The predicted octanol–water partition coefficient (Wildman–Crippen LogP) is -0.420. The largest absolute Gasteiger partial charge is 0.222 e. The van der Waals surface area contributed by atoms with Gasteiger partial charge in [0.25, 0.3) is 0 Å². The molecule has 0 aliphatic carbocycles. The summed E-state index contributed by atoms with van der Waals surface area (Å²) in [6.07, 6.45) is 0. The number of hydrogen-bond donors (Lipinski definition) is 1. The van der Waals surface area contributed by atoms with E-state index in [-0.39, 0.29) is 0 Å². The smallest absolute Gasteiger partial charge is 0.0103 e. The van der Waals surface area contributed by atoms with Gasteiger partial charge in [-0.3, -0.25) is 0 Å². The first-order valence-corrected chi connectivity index (χ1v) is 1.28. The molecule has 2 radical (unpaired) electrons. The zero-order valence-electron chi connectivity index (χ0n) is 2.65. The molecular weight excluding hydrogens is 52.0 g/mol. The van der Waals surface area contributed by atoms with E-state index in [0.29, 0.717) is 6.54 Å². The number of nitrogens with zero attached hydrogens (tertiary/aromatic N) is 1. The Morgan fingerprint density at radius 2 is 2.25 bits per heavy atom. The van der Waals surface area contributed by atoms with Crippen molar-refractivity contribution >= 4 is 0 Å². The fourth-order valence-electron chi connectivity index (χ4n) is 0.